The Bertz CT molecular complexity index is 962. The molecular formula is C30H30O. The van der Waals surface area contributed by atoms with Crippen molar-refractivity contribution in [1.82, 2.24) is 0 Å². The molecule has 0 aliphatic heterocycles. The summed E-state index contributed by atoms with van der Waals surface area (Å²) in [5.41, 5.74) is 7.58. The molecule has 0 fully saturated rings. The number of ether oxygens (including phenoxy) is 1. The van der Waals surface area contributed by atoms with E-state index in [1.54, 1.807) is 0 Å². The van der Waals surface area contributed by atoms with Gasteiger partial charge in [-0.1, -0.05) is 120 Å². The van der Waals surface area contributed by atoms with Gasteiger partial charge in [0.2, 0.25) is 0 Å². The second-order valence-corrected chi connectivity index (χ2v) is 8.31. The molecule has 1 nitrogen and oxygen atoms in total. The summed E-state index contributed by atoms with van der Waals surface area (Å²) < 4.78 is 6.89. The fourth-order valence-electron chi connectivity index (χ4n) is 3.90. The van der Waals surface area contributed by atoms with E-state index in [-0.39, 0.29) is 12.2 Å². The van der Waals surface area contributed by atoms with Crippen molar-refractivity contribution >= 4 is 0 Å². The lowest BCUT2D eigenvalue weighted by Gasteiger charge is -2.26. The molecule has 0 radical (unpaired) electrons. The third-order valence-corrected chi connectivity index (χ3v) is 5.75. The average molecular weight is 407 g/mol. The van der Waals surface area contributed by atoms with E-state index in [9.17, 15) is 0 Å². The van der Waals surface area contributed by atoms with Crippen molar-refractivity contribution in [3.05, 3.63) is 143 Å². The van der Waals surface area contributed by atoms with Crippen LogP contribution >= 0.6 is 0 Å². The maximum absolute atomic E-state index is 6.89. The van der Waals surface area contributed by atoms with Crippen molar-refractivity contribution in [2.45, 2.75) is 38.9 Å². The van der Waals surface area contributed by atoms with Gasteiger partial charge < -0.3 is 4.74 Å². The quantitative estimate of drug-likeness (QED) is 0.293. The highest BCUT2D eigenvalue weighted by molar-refractivity contribution is 5.28. The lowest BCUT2D eigenvalue weighted by atomic mass is 9.97. The Labute approximate surface area is 186 Å². The Morgan fingerprint density at radius 2 is 0.839 bits per heavy atom. The summed E-state index contributed by atoms with van der Waals surface area (Å²) in [6, 6.07) is 38.8. The Morgan fingerprint density at radius 3 is 1.19 bits per heavy atom. The summed E-state index contributed by atoms with van der Waals surface area (Å²) in [5.74, 6) is 0. The van der Waals surface area contributed by atoms with Gasteiger partial charge in [0.25, 0.3) is 0 Å². The lowest BCUT2D eigenvalue weighted by Crippen LogP contribution is -2.15. The van der Waals surface area contributed by atoms with Crippen molar-refractivity contribution in [3.63, 3.8) is 0 Å². The van der Waals surface area contributed by atoms with Crippen molar-refractivity contribution in [2.24, 2.45) is 0 Å². The predicted molar refractivity (Wildman–Crippen MR) is 129 cm³/mol. The number of rotatable bonds is 8. The number of hydrogen-bond donors (Lipinski definition) is 0. The molecule has 2 atom stereocenters. The number of benzene rings is 4. The first-order valence-electron chi connectivity index (χ1n) is 11.0. The molecule has 0 bridgehead atoms. The number of aryl methyl sites for hydroxylation is 2. The van der Waals surface area contributed by atoms with Gasteiger partial charge in [-0.25, -0.2) is 0 Å². The molecule has 0 aliphatic carbocycles. The second-order valence-electron chi connectivity index (χ2n) is 8.31. The average Bonchev–Trinajstić information content (AvgIpc) is 2.82. The summed E-state index contributed by atoms with van der Waals surface area (Å²) in [6.45, 7) is 4.25. The molecule has 0 heterocycles. The van der Waals surface area contributed by atoms with Gasteiger partial charge in [-0.3, -0.25) is 0 Å². The molecule has 0 aromatic heterocycles. The second kappa shape index (κ2) is 10.2. The summed E-state index contributed by atoms with van der Waals surface area (Å²) >= 11 is 0. The molecule has 0 amide bonds. The van der Waals surface area contributed by atoms with E-state index in [4.69, 9.17) is 4.74 Å². The van der Waals surface area contributed by atoms with E-state index in [1.807, 2.05) is 0 Å². The normalized spacial score (nSPS) is 13.0. The van der Waals surface area contributed by atoms with Crippen LogP contribution in [0.3, 0.4) is 0 Å². The van der Waals surface area contributed by atoms with Gasteiger partial charge in [0.15, 0.2) is 0 Å². The Hall–Kier alpha value is -3.16. The maximum Gasteiger partial charge on any atom is 0.0873 e. The zero-order valence-electron chi connectivity index (χ0n) is 18.4. The summed E-state index contributed by atoms with van der Waals surface area (Å²) in [6.07, 6.45) is 1.67. The van der Waals surface area contributed by atoms with Crippen LogP contribution in [-0.2, 0) is 17.6 Å². The molecule has 1 heteroatoms. The summed E-state index contributed by atoms with van der Waals surface area (Å²) in [5, 5.41) is 0. The molecule has 156 valence electrons. The minimum Gasteiger partial charge on any atom is -0.365 e. The first-order chi connectivity index (χ1) is 15.2. The third kappa shape index (κ3) is 5.93. The van der Waals surface area contributed by atoms with Crippen LogP contribution in [0.5, 0.6) is 0 Å². The molecule has 0 aliphatic rings. The van der Waals surface area contributed by atoms with Gasteiger partial charge in [0.1, 0.15) is 0 Å². The van der Waals surface area contributed by atoms with Crippen molar-refractivity contribution in [3.8, 4) is 0 Å². The highest BCUT2D eigenvalue weighted by atomic mass is 16.5. The van der Waals surface area contributed by atoms with E-state index in [0.717, 1.165) is 12.8 Å². The zero-order chi connectivity index (χ0) is 21.5. The van der Waals surface area contributed by atoms with Gasteiger partial charge in [-0.2, -0.15) is 0 Å². The van der Waals surface area contributed by atoms with E-state index < -0.39 is 0 Å². The molecule has 4 aromatic rings. The van der Waals surface area contributed by atoms with E-state index >= 15 is 0 Å². The van der Waals surface area contributed by atoms with Crippen LogP contribution in [0, 0.1) is 13.8 Å². The zero-order valence-corrected chi connectivity index (χ0v) is 18.4. The van der Waals surface area contributed by atoms with Crippen LogP contribution in [0.2, 0.25) is 0 Å². The first-order valence-corrected chi connectivity index (χ1v) is 11.0. The Kier molecular flexibility index (Phi) is 6.96. The molecule has 0 spiro atoms. The van der Waals surface area contributed by atoms with Crippen molar-refractivity contribution < 1.29 is 4.74 Å². The molecule has 2 unspecified atom stereocenters. The van der Waals surface area contributed by atoms with Gasteiger partial charge in [0, 0.05) is 12.8 Å². The van der Waals surface area contributed by atoms with Gasteiger partial charge in [0.05, 0.1) is 12.2 Å². The molecule has 31 heavy (non-hydrogen) atoms. The van der Waals surface area contributed by atoms with Crippen molar-refractivity contribution in [1.29, 1.82) is 0 Å². The highest BCUT2D eigenvalue weighted by Crippen LogP contribution is 2.32. The fourth-order valence-corrected chi connectivity index (χ4v) is 3.90. The van der Waals surface area contributed by atoms with Crippen LogP contribution in [-0.4, -0.2) is 0 Å². The monoisotopic (exact) mass is 406 g/mol. The van der Waals surface area contributed by atoms with Gasteiger partial charge in [-0.05, 0) is 36.1 Å². The Balaban J connectivity index is 1.64. The molecule has 4 rings (SSSR count). The highest BCUT2D eigenvalue weighted by Gasteiger charge is 2.21. The fraction of sp³-hybridized carbons (Fsp3) is 0.200. The maximum atomic E-state index is 6.89. The van der Waals surface area contributed by atoms with Crippen LogP contribution in [0.1, 0.15) is 45.6 Å². The molecule has 0 saturated carbocycles. The van der Waals surface area contributed by atoms with Crippen molar-refractivity contribution in [2.75, 3.05) is 0 Å². The SMILES string of the molecule is Cc1ccc(CC(OC(Cc2ccc(C)cc2)c2ccccc2)c2ccccc2)cc1. The topological polar surface area (TPSA) is 9.23 Å². The van der Waals surface area contributed by atoms with Crippen LogP contribution in [0.15, 0.2) is 109 Å². The summed E-state index contributed by atoms with van der Waals surface area (Å²) in [4.78, 5) is 0. The van der Waals surface area contributed by atoms with Crippen LogP contribution in [0.25, 0.3) is 0 Å². The number of hydrogen-bond acceptors (Lipinski definition) is 1. The first kappa shape index (κ1) is 21.1. The molecule has 0 saturated heterocycles. The van der Waals surface area contributed by atoms with Crippen LogP contribution in [0.4, 0.5) is 0 Å². The largest absolute Gasteiger partial charge is 0.365 e. The van der Waals surface area contributed by atoms with E-state index in [0.29, 0.717) is 0 Å². The predicted octanol–water partition coefficient (Wildman–Crippen LogP) is 7.59. The molecule has 0 N–H and O–H groups in total. The lowest BCUT2D eigenvalue weighted by molar-refractivity contribution is -0.0149. The minimum atomic E-state index is -0.0143. The van der Waals surface area contributed by atoms with E-state index in [2.05, 4.69) is 123 Å². The summed E-state index contributed by atoms with van der Waals surface area (Å²) in [7, 11) is 0. The minimum absolute atomic E-state index is 0.0143. The molecular weight excluding hydrogens is 376 g/mol. The Morgan fingerprint density at radius 1 is 0.484 bits per heavy atom. The third-order valence-electron chi connectivity index (χ3n) is 5.75. The standard InChI is InChI=1S/C30H30O/c1-23-13-17-25(18-14-23)21-29(27-9-5-3-6-10-27)31-30(28-11-7-4-8-12-28)22-26-19-15-24(2)16-20-26/h3-20,29-30H,21-22H2,1-2H3. The van der Waals surface area contributed by atoms with E-state index in [1.165, 1.54) is 33.4 Å². The smallest absolute Gasteiger partial charge is 0.0873 e. The van der Waals surface area contributed by atoms with Crippen LogP contribution < -0.4 is 0 Å². The van der Waals surface area contributed by atoms with Gasteiger partial charge >= 0.3 is 0 Å². The van der Waals surface area contributed by atoms with Gasteiger partial charge in [-0.15, -0.1) is 0 Å². The molecule has 4 aromatic carbocycles.